The molecule has 2 heteroatoms. The second kappa shape index (κ2) is 6.26. The molecule has 18 heavy (non-hydrogen) atoms. The van der Waals surface area contributed by atoms with E-state index < -0.39 is 0 Å². The fraction of sp³-hybridized carbons (Fsp3) is 0.250. The van der Waals surface area contributed by atoms with Crippen LogP contribution in [-0.4, -0.2) is 5.88 Å². The average molecular weight is 279 g/mol. The van der Waals surface area contributed by atoms with Gasteiger partial charge in [0, 0.05) is 16.8 Å². The number of rotatable bonds is 4. The lowest BCUT2D eigenvalue weighted by atomic mass is 9.90. The third kappa shape index (κ3) is 3.07. The summed E-state index contributed by atoms with van der Waals surface area (Å²) < 4.78 is 0. The molecule has 1 unspecified atom stereocenters. The van der Waals surface area contributed by atoms with Crippen molar-refractivity contribution in [3.05, 3.63) is 70.2 Å². The van der Waals surface area contributed by atoms with E-state index in [0.29, 0.717) is 11.8 Å². The van der Waals surface area contributed by atoms with Crippen molar-refractivity contribution >= 4 is 23.2 Å². The summed E-state index contributed by atoms with van der Waals surface area (Å²) in [5, 5.41) is 0.821. The summed E-state index contributed by atoms with van der Waals surface area (Å²) in [5.41, 5.74) is 3.76. The standard InChI is InChI=1S/C16H16Cl2/c1-12-6-2-4-8-15(12)14(11-17)10-13-7-3-5-9-16(13)18/h2-9,14H,10-11H2,1H3. The fourth-order valence-electron chi connectivity index (χ4n) is 2.22. The molecule has 0 aliphatic heterocycles. The van der Waals surface area contributed by atoms with Crippen LogP contribution < -0.4 is 0 Å². The van der Waals surface area contributed by atoms with Gasteiger partial charge in [0.15, 0.2) is 0 Å². The molecule has 0 N–H and O–H groups in total. The average Bonchev–Trinajstić information content (AvgIpc) is 2.39. The van der Waals surface area contributed by atoms with E-state index in [1.165, 1.54) is 11.1 Å². The highest BCUT2D eigenvalue weighted by Crippen LogP contribution is 2.28. The van der Waals surface area contributed by atoms with E-state index >= 15 is 0 Å². The summed E-state index contributed by atoms with van der Waals surface area (Å²) in [7, 11) is 0. The second-order valence-corrected chi connectivity index (χ2v) is 5.22. The van der Waals surface area contributed by atoms with E-state index in [4.69, 9.17) is 23.2 Å². The first-order chi connectivity index (χ1) is 8.72. The predicted octanol–water partition coefficient (Wildman–Crippen LogP) is 5.21. The highest BCUT2D eigenvalue weighted by Gasteiger charge is 2.14. The van der Waals surface area contributed by atoms with E-state index in [-0.39, 0.29) is 0 Å². The first kappa shape index (κ1) is 13.5. The normalized spacial score (nSPS) is 12.4. The molecule has 1 atom stereocenters. The minimum atomic E-state index is 0.313. The zero-order valence-corrected chi connectivity index (χ0v) is 11.9. The molecule has 2 aromatic carbocycles. The highest BCUT2D eigenvalue weighted by molar-refractivity contribution is 6.31. The fourth-order valence-corrected chi connectivity index (χ4v) is 2.71. The van der Waals surface area contributed by atoms with Crippen LogP contribution in [0.25, 0.3) is 0 Å². The Labute approximate surface area is 119 Å². The number of aryl methyl sites for hydroxylation is 1. The van der Waals surface area contributed by atoms with Crippen LogP contribution in [0.2, 0.25) is 5.02 Å². The number of benzene rings is 2. The van der Waals surface area contributed by atoms with Crippen LogP contribution in [-0.2, 0) is 6.42 Å². The van der Waals surface area contributed by atoms with Gasteiger partial charge in [-0.25, -0.2) is 0 Å². The molecular weight excluding hydrogens is 263 g/mol. The molecule has 0 aliphatic rings. The van der Waals surface area contributed by atoms with Gasteiger partial charge in [0.05, 0.1) is 0 Å². The first-order valence-electron chi connectivity index (χ1n) is 6.07. The molecule has 0 nitrogen and oxygen atoms in total. The lowest BCUT2D eigenvalue weighted by Crippen LogP contribution is -2.06. The Bertz CT molecular complexity index is 520. The molecule has 0 aromatic heterocycles. The van der Waals surface area contributed by atoms with Crippen LogP contribution in [0, 0.1) is 6.92 Å². The maximum atomic E-state index is 6.21. The molecule has 0 saturated carbocycles. The van der Waals surface area contributed by atoms with Crippen molar-refractivity contribution < 1.29 is 0 Å². The van der Waals surface area contributed by atoms with Gasteiger partial charge in [-0.2, -0.15) is 0 Å². The molecule has 2 aromatic rings. The molecular formula is C16H16Cl2. The van der Waals surface area contributed by atoms with Gasteiger partial charge in [-0.15, -0.1) is 11.6 Å². The number of alkyl halides is 1. The van der Waals surface area contributed by atoms with Crippen LogP contribution in [0.3, 0.4) is 0 Å². The van der Waals surface area contributed by atoms with Crippen LogP contribution >= 0.6 is 23.2 Å². The zero-order chi connectivity index (χ0) is 13.0. The molecule has 0 saturated heterocycles. The third-order valence-electron chi connectivity index (χ3n) is 3.24. The Morgan fingerprint density at radius 3 is 2.33 bits per heavy atom. The SMILES string of the molecule is Cc1ccccc1C(CCl)Cc1ccccc1Cl. The van der Waals surface area contributed by atoms with Gasteiger partial charge in [0.1, 0.15) is 0 Å². The van der Waals surface area contributed by atoms with Gasteiger partial charge in [-0.1, -0.05) is 54.1 Å². The van der Waals surface area contributed by atoms with Crippen LogP contribution in [0.5, 0.6) is 0 Å². The largest absolute Gasteiger partial charge is 0.126 e. The van der Waals surface area contributed by atoms with Crippen molar-refractivity contribution in [3.8, 4) is 0 Å². The molecule has 94 valence electrons. The van der Waals surface area contributed by atoms with Crippen molar-refractivity contribution in [2.24, 2.45) is 0 Å². The lowest BCUT2D eigenvalue weighted by Gasteiger charge is -2.17. The van der Waals surface area contributed by atoms with E-state index in [2.05, 4.69) is 37.3 Å². The van der Waals surface area contributed by atoms with Crippen LogP contribution in [0.1, 0.15) is 22.6 Å². The number of halogens is 2. The van der Waals surface area contributed by atoms with Crippen molar-refractivity contribution in [3.63, 3.8) is 0 Å². The number of hydrogen-bond donors (Lipinski definition) is 0. The lowest BCUT2D eigenvalue weighted by molar-refractivity contribution is 0.760. The maximum absolute atomic E-state index is 6.21. The van der Waals surface area contributed by atoms with Gasteiger partial charge < -0.3 is 0 Å². The Hall–Kier alpha value is -0.980. The Kier molecular flexibility index (Phi) is 4.68. The van der Waals surface area contributed by atoms with E-state index in [9.17, 15) is 0 Å². The molecule has 0 bridgehead atoms. The summed E-state index contributed by atoms with van der Waals surface area (Å²) >= 11 is 12.3. The molecule has 0 aliphatic carbocycles. The summed E-state index contributed by atoms with van der Waals surface area (Å²) in [6.45, 7) is 2.13. The Morgan fingerprint density at radius 2 is 1.67 bits per heavy atom. The second-order valence-electron chi connectivity index (χ2n) is 4.50. The van der Waals surface area contributed by atoms with Gasteiger partial charge in [-0.3, -0.25) is 0 Å². The molecule has 0 radical (unpaired) electrons. The zero-order valence-electron chi connectivity index (χ0n) is 10.4. The molecule has 0 amide bonds. The van der Waals surface area contributed by atoms with E-state index in [0.717, 1.165) is 17.0 Å². The number of hydrogen-bond acceptors (Lipinski definition) is 0. The van der Waals surface area contributed by atoms with Gasteiger partial charge in [-0.05, 0) is 36.1 Å². The van der Waals surface area contributed by atoms with E-state index in [1.54, 1.807) is 0 Å². The van der Waals surface area contributed by atoms with Gasteiger partial charge in [0.25, 0.3) is 0 Å². The molecule has 0 fully saturated rings. The smallest absolute Gasteiger partial charge is 0.0438 e. The third-order valence-corrected chi connectivity index (χ3v) is 3.98. The molecule has 0 heterocycles. The minimum absolute atomic E-state index is 0.313. The monoisotopic (exact) mass is 278 g/mol. The van der Waals surface area contributed by atoms with Gasteiger partial charge >= 0.3 is 0 Å². The summed E-state index contributed by atoms with van der Waals surface area (Å²) in [6, 6.07) is 16.4. The molecule has 0 spiro atoms. The van der Waals surface area contributed by atoms with Gasteiger partial charge in [0.2, 0.25) is 0 Å². The Morgan fingerprint density at radius 1 is 1.00 bits per heavy atom. The summed E-state index contributed by atoms with van der Waals surface area (Å²) in [5.74, 6) is 0.920. The first-order valence-corrected chi connectivity index (χ1v) is 6.98. The van der Waals surface area contributed by atoms with E-state index in [1.807, 2.05) is 18.2 Å². The highest BCUT2D eigenvalue weighted by atomic mass is 35.5. The van der Waals surface area contributed by atoms with Crippen molar-refractivity contribution in [1.82, 2.24) is 0 Å². The quantitative estimate of drug-likeness (QED) is 0.674. The minimum Gasteiger partial charge on any atom is -0.126 e. The van der Waals surface area contributed by atoms with Crippen LogP contribution in [0.4, 0.5) is 0 Å². The Balaban J connectivity index is 2.26. The van der Waals surface area contributed by atoms with Crippen molar-refractivity contribution in [1.29, 1.82) is 0 Å². The topological polar surface area (TPSA) is 0 Å². The summed E-state index contributed by atoms with van der Waals surface area (Å²) in [6.07, 6.45) is 0.883. The molecule has 2 rings (SSSR count). The van der Waals surface area contributed by atoms with Crippen molar-refractivity contribution in [2.45, 2.75) is 19.3 Å². The predicted molar refractivity (Wildman–Crippen MR) is 79.8 cm³/mol. The maximum Gasteiger partial charge on any atom is 0.0438 e. The van der Waals surface area contributed by atoms with Crippen molar-refractivity contribution in [2.75, 3.05) is 5.88 Å². The van der Waals surface area contributed by atoms with Crippen LogP contribution in [0.15, 0.2) is 48.5 Å². The summed E-state index contributed by atoms with van der Waals surface area (Å²) in [4.78, 5) is 0.